The molecule has 5 heterocycles. The lowest BCUT2D eigenvalue weighted by Gasteiger charge is -2.33. The highest BCUT2D eigenvalue weighted by Gasteiger charge is 2.66. The van der Waals surface area contributed by atoms with Crippen molar-refractivity contribution in [1.82, 2.24) is 0 Å². The quantitative estimate of drug-likeness (QED) is 0.318. The Morgan fingerprint density at radius 2 is 1.25 bits per heavy atom. The van der Waals surface area contributed by atoms with Gasteiger partial charge in [-0.1, -0.05) is 20.3 Å². The summed E-state index contributed by atoms with van der Waals surface area (Å²) < 4.78 is 44.0. The third-order valence-electron chi connectivity index (χ3n) is 9.66. The van der Waals surface area contributed by atoms with Gasteiger partial charge in [-0.3, -0.25) is 9.59 Å². The van der Waals surface area contributed by atoms with Crippen molar-refractivity contribution in [3.63, 3.8) is 0 Å². The molecular formula is C30H44O14. The molecule has 248 valence electrons. The van der Waals surface area contributed by atoms with Gasteiger partial charge in [0.2, 0.25) is 12.2 Å². The average Bonchev–Trinajstić information content (AvgIpc) is 3.73. The second-order valence-electron chi connectivity index (χ2n) is 13.6. The van der Waals surface area contributed by atoms with Crippen LogP contribution in [0.1, 0.15) is 86.5 Å². The normalized spacial score (nSPS) is 38.6. The molecule has 0 bridgehead atoms. The fourth-order valence-electron chi connectivity index (χ4n) is 5.86. The molecule has 1 saturated carbocycles. The summed E-state index contributed by atoms with van der Waals surface area (Å²) in [5.41, 5.74) is -1.39. The van der Waals surface area contributed by atoms with Crippen molar-refractivity contribution in [2.45, 2.75) is 154 Å². The van der Waals surface area contributed by atoms with Crippen LogP contribution in [0, 0.1) is 10.8 Å². The maximum Gasteiger partial charge on any atom is 0.350 e. The van der Waals surface area contributed by atoms with Gasteiger partial charge in [-0.25, -0.2) is 9.59 Å². The van der Waals surface area contributed by atoms with Gasteiger partial charge in [0.05, 0.1) is 10.8 Å². The summed E-state index contributed by atoms with van der Waals surface area (Å²) in [6.45, 7) is 10.7. The minimum atomic E-state index is -1.44. The Hall–Kier alpha value is -2.36. The zero-order valence-corrected chi connectivity index (χ0v) is 26.0. The number of aliphatic hydroxyl groups excluding tert-OH is 2. The molecule has 0 amide bonds. The van der Waals surface area contributed by atoms with E-state index >= 15 is 0 Å². The van der Waals surface area contributed by atoms with Crippen molar-refractivity contribution < 1.29 is 67.3 Å². The zero-order chi connectivity index (χ0) is 32.2. The molecule has 0 aromatic heterocycles. The lowest BCUT2D eigenvalue weighted by atomic mass is 9.90. The highest BCUT2D eigenvalue weighted by atomic mass is 16.9. The first-order chi connectivity index (χ1) is 20.6. The highest BCUT2D eigenvalue weighted by Crippen LogP contribution is 2.48. The summed E-state index contributed by atoms with van der Waals surface area (Å²) in [5.74, 6) is -2.91. The topological polar surface area (TPSA) is 183 Å². The van der Waals surface area contributed by atoms with Gasteiger partial charge < -0.3 is 48.1 Å². The molecule has 10 unspecified atom stereocenters. The Morgan fingerprint density at radius 1 is 0.750 bits per heavy atom. The Bertz CT molecular complexity index is 1130. The maximum absolute atomic E-state index is 12.3. The predicted molar refractivity (Wildman–Crippen MR) is 145 cm³/mol. The van der Waals surface area contributed by atoms with Crippen LogP contribution >= 0.6 is 0 Å². The van der Waals surface area contributed by atoms with E-state index in [1.54, 1.807) is 27.7 Å². The molecule has 14 nitrogen and oxygen atoms in total. The molecule has 0 aromatic carbocycles. The monoisotopic (exact) mass is 628 g/mol. The van der Waals surface area contributed by atoms with Crippen LogP contribution in [-0.2, 0) is 57.1 Å². The van der Waals surface area contributed by atoms with E-state index < -0.39 is 102 Å². The molecule has 1 spiro atoms. The molecule has 6 fully saturated rings. The van der Waals surface area contributed by atoms with Crippen molar-refractivity contribution in [1.29, 1.82) is 0 Å². The minimum absolute atomic E-state index is 0.427. The van der Waals surface area contributed by atoms with E-state index in [0.29, 0.717) is 12.8 Å². The fourth-order valence-corrected chi connectivity index (χ4v) is 5.86. The standard InChI is InChI=1S/C18H26O7.C12H18O7/c1-4-17(2,3)16(20)23-12-10-11(21-14(12)19)13-15(22-10)25-18(24-13)8-6-5-7-9-18;1-4-12(2,3)11(16)19-8-7-6(17-10(8)15)5(13)9(14)18-7/h10-13,15H,4-9H2,1-3H3;5-9,13-14H,4H2,1-3H3. The number of hydrogen-bond acceptors (Lipinski definition) is 14. The number of hydrogen-bond donors (Lipinski definition) is 2. The van der Waals surface area contributed by atoms with Crippen molar-refractivity contribution >= 4 is 23.9 Å². The third-order valence-corrected chi connectivity index (χ3v) is 9.66. The molecule has 6 aliphatic rings. The molecular weight excluding hydrogens is 584 g/mol. The molecule has 0 aromatic rings. The van der Waals surface area contributed by atoms with Crippen molar-refractivity contribution in [3.05, 3.63) is 0 Å². The van der Waals surface area contributed by atoms with E-state index in [1.165, 1.54) is 6.42 Å². The van der Waals surface area contributed by atoms with Crippen molar-refractivity contribution in [2.75, 3.05) is 0 Å². The third kappa shape index (κ3) is 5.96. The van der Waals surface area contributed by atoms with E-state index in [1.807, 2.05) is 13.8 Å². The Morgan fingerprint density at radius 3 is 1.77 bits per heavy atom. The first kappa shape index (κ1) is 33.0. The summed E-state index contributed by atoms with van der Waals surface area (Å²) in [6, 6.07) is 0. The number of fused-ring (bicyclic) bond motifs is 4. The number of esters is 4. The van der Waals surface area contributed by atoms with E-state index in [9.17, 15) is 29.4 Å². The van der Waals surface area contributed by atoms with Crippen molar-refractivity contribution in [3.8, 4) is 0 Å². The van der Waals surface area contributed by atoms with Crippen LogP contribution in [0.2, 0.25) is 0 Å². The fraction of sp³-hybridized carbons (Fsp3) is 0.867. The first-order valence-corrected chi connectivity index (χ1v) is 15.5. The maximum atomic E-state index is 12.3. The Kier molecular flexibility index (Phi) is 9.08. The average molecular weight is 629 g/mol. The lowest BCUT2D eigenvalue weighted by Crippen LogP contribution is -2.41. The largest absolute Gasteiger partial charge is 0.454 e. The predicted octanol–water partition coefficient (Wildman–Crippen LogP) is 1.40. The van der Waals surface area contributed by atoms with Crippen LogP contribution in [0.25, 0.3) is 0 Å². The SMILES string of the molecule is CCC(C)(C)C(=O)OC1C(=O)OC2C(O)C(O)OC12.CCC(C)(C)C(=O)OC1C(=O)OC2C3OC4(CCCCC4)OC3OC12. The smallest absolute Gasteiger partial charge is 0.350 e. The molecule has 5 aliphatic heterocycles. The van der Waals surface area contributed by atoms with Gasteiger partial charge in [0, 0.05) is 12.8 Å². The molecule has 1 aliphatic carbocycles. The van der Waals surface area contributed by atoms with Gasteiger partial charge in [0.15, 0.2) is 36.7 Å². The van der Waals surface area contributed by atoms with E-state index in [2.05, 4.69) is 0 Å². The van der Waals surface area contributed by atoms with E-state index in [0.717, 1.165) is 25.7 Å². The molecule has 44 heavy (non-hydrogen) atoms. The van der Waals surface area contributed by atoms with E-state index in [-0.39, 0.29) is 0 Å². The van der Waals surface area contributed by atoms with Crippen molar-refractivity contribution in [2.24, 2.45) is 10.8 Å². The van der Waals surface area contributed by atoms with Crippen LogP contribution in [0.4, 0.5) is 0 Å². The summed E-state index contributed by atoms with van der Waals surface area (Å²) in [5, 5.41) is 18.9. The second-order valence-corrected chi connectivity index (χ2v) is 13.6. The van der Waals surface area contributed by atoms with Crippen LogP contribution in [0.5, 0.6) is 0 Å². The zero-order valence-electron chi connectivity index (χ0n) is 26.0. The summed E-state index contributed by atoms with van der Waals surface area (Å²) in [4.78, 5) is 48.1. The Balaban J connectivity index is 0.000000182. The summed E-state index contributed by atoms with van der Waals surface area (Å²) in [6.07, 6.45) is -3.17. The molecule has 10 atom stereocenters. The minimum Gasteiger partial charge on any atom is -0.454 e. The summed E-state index contributed by atoms with van der Waals surface area (Å²) >= 11 is 0. The van der Waals surface area contributed by atoms with Crippen LogP contribution in [0.3, 0.4) is 0 Å². The molecule has 5 saturated heterocycles. The number of carbonyl (C=O) groups excluding carboxylic acids is 4. The van der Waals surface area contributed by atoms with Gasteiger partial charge in [-0.15, -0.1) is 0 Å². The van der Waals surface area contributed by atoms with E-state index in [4.69, 9.17) is 37.9 Å². The molecule has 14 heteroatoms. The second kappa shape index (κ2) is 12.1. The summed E-state index contributed by atoms with van der Waals surface area (Å²) in [7, 11) is 0. The molecule has 2 N–H and O–H groups in total. The van der Waals surface area contributed by atoms with Crippen LogP contribution in [-0.4, -0.2) is 101 Å². The number of rotatable bonds is 6. The van der Waals surface area contributed by atoms with Gasteiger partial charge in [0.1, 0.15) is 18.3 Å². The van der Waals surface area contributed by atoms with Crippen LogP contribution in [0.15, 0.2) is 0 Å². The van der Waals surface area contributed by atoms with Gasteiger partial charge in [-0.05, 0) is 53.4 Å². The van der Waals surface area contributed by atoms with Gasteiger partial charge >= 0.3 is 23.9 Å². The lowest BCUT2D eigenvalue weighted by molar-refractivity contribution is -0.246. The Labute approximate surface area is 255 Å². The molecule has 0 radical (unpaired) electrons. The van der Waals surface area contributed by atoms with Crippen LogP contribution < -0.4 is 0 Å². The highest BCUT2D eigenvalue weighted by molar-refractivity contribution is 5.85. The number of carbonyl (C=O) groups is 4. The van der Waals surface area contributed by atoms with Gasteiger partial charge in [-0.2, -0.15) is 0 Å². The number of aliphatic hydroxyl groups is 2. The molecule has 6 rings (SSSR count). The van der Waals surface area contributed by atoms with Gasteiger partial charge in [0.25, 0.3) is 0 Å². The first-order valence-electron chi connectivity index (χ1n) is 15.5. The number of ether oxygens (including phenoxy) is 8.